The summed E-state index contributed by atoms with van der Waals surface area (Å²) in [6.45, 7) is 7.74. The van der Waals surface area contributed by atoms with Gasteiger partial charge in [-0.3, -0.25) is 0 Å². The number of ether oxygens (including phenoxy) is 3. The van der Waals surface area contributed by atoms with Crippen LogP contribution < -0.4 is 0 Å². The minimum Gasteiger partial charge on any atom is -0.377 e. The first-order chi connectivity index (χ1) is 5.82. The van der Waals surface area contributed by atoms with Gasteiger partial charge in [0.2, 0.25) is 0 Å². The molecular weight excluding hydrogens is 167 g/mol. The molecule has 2 aliphatic heterocycles. The fourth-order valence-corrected chi connectivity index (χ4v) is 2.05. The Kier molecular flexibility index (Phi) is 1.82. The van der Waals surface area contributed by atoms with Crippen molar-refractivity contribution >= 4 is 7.85 Å². The molecule has 0 aliphatic carbocycles. The van der Waals surface area contributed by atoms with Crippen LogP contribution in [-0.4, -0.2) is 37.4 Å². The molecule has 0 bridgehead atoms. The Hall–Kier alpha value is -0.0551. The average Bonchev–Trinajstić information content (AvgIpc) is 2.32. The van der Waals surface area contributed by atoms with E-state index in [4.69, 9.17) is 22.1 Å². The summed E-state index contributed by atoms with van der Waals surface area (Å²) in [6, 6.07) is -0.373. The van der Waals surface area contributed by atoms with Gasteiger partial charge in [0.05, 0.1) is 5.60 Å². The zero-order chi connectivity index (χ0) is 9.85. The summed E-state index contributed by atoms with van der Waals surface area (Å²) in [4.78, 5) is 0. The number of fused-ring (bicyclic) bond motifs is 1. The van der Waals surface area contributed by atoms with Gasteiger partial charge in [-0.05, 0) is 27.7 Å². The van der Waals surface area contributed by atoms with E-state index in [9.17, 15) is 0 Å². The van der Waals surface area contributed by atoms with Crippen molar-refractivity contribution in [2.45, 2.75) is 57.3 Å². The second-order valence-electron chi connectivity index (χ2n) is 4.71. The molecule has 2 unspecified atom stereocenters. The second-order valence-corrected chi connectivity index (χ2v) is 4.71. The van der Waals surface area contributed by atoms with Gasteiger partial charge in [0.1, 0.15) is 20.1 Å². The van der Waals surface area contributed by atoms with Crippen LogP contribution in [0, 0.1) is 0 Å². The molecule has 0 spiro atoms. The van der Waals surface area contributed by atoms with E-state index in [0.717, 1.165) is 0 Å². The molecule has 13 heavy (non-hydrogen) atoms. The van der Waals surface area contributed by atoms with Gasteiger partial charge < -0.3 is 14.2 Å². The molecule has 0 aromatic rings. The Balaban J connectivity index is 2.23. The van der Waals surface area contributed by atoms with E-state index in [2.05, 4.69) is 0 Å². The summed E-state index contributed by atoms with van der Waals surface area (Å²) in [6.07, 6.45) is -0.192. The van der Waals surface area contributed by atoms with Crippen LogP contribution in [0.5, 0.6) is 0 Å². The lowest BCUT2D eigenvalue weighted by molar-refractivity contribution is -0.193. The summed E-state index contributed by atoms with van der Waals surface area (Å²) in [5.41, 5.74) is -0.349. The van der Waals surface area contributed by atoms with Crippen molar-refractivity contribution < 1.29 is 14.2 Å². The third kappa shape index (κ3) is 1.41. The molecule has 2 aliphatic rings. The van der Waals surface area contributed by atoms with Crippen LogP contribution in [0.1, 0.15) is 27.7 Å². The van der Waals surface area contributed by atoms with E-state index in [1.165, 1.54) is 0 Å². The molecule has 2 radical (unpaired) electrons. The zero-order valence-corrected chi connectivity index (χ0v) is 8.53. The van der Waals surface area contributed by atoms with Gasteiger partial charge in [-0.25, -0.2) is 0 Å². The highest BCUT2D eigenvalue weighted by molar-refractivity contribution is 6.11. The van der Waals surface area contributed by atoms with Gasteiger partial charge >= 0.3 is 0 Å². The van der Waals surface area contributed by atoms with E-state index >= 15 is 0 Å². The van der Waals surface area contributed by atoms with Crippen molar-refractivity contribution in [2.24, 2.45) is 0 Å². The maximum Gasteiger partial charge on any atom is 0.164 e. The largest absolute Gasteiger partial charge is 0.377 e. The van der Waals surface area contributed by atoms with Crippen LogP contribution in [0.3, 0.4) is 0 Å². The van der Waals surface area contributed by atoms with Crippen molar-refractivity contribution in [3.05, 3.63) is 0 Å². The monoisotopic (exact) mass is 182 g/mol. The molecule has 72 valence electrons. The highest BCUT2D eigenvalue weighted by Gasteiger charge is 2.56. The molecular formula is C9H15BO3. The summed E-state index contributed by atoms with van der Waals surface area (Å²) in [5.74, 6) is -0.534. The van der Waals surface area contributed by atoms with Crippen LogP contribution in [0.4, 0.5) is 0 Å². The van der Waals surface area contributed by atoms with E-state index in [0.29, 0.717) is 0 Å². The molecule has 2 rings (SSSR count). The third-order valence-electron chi connectivity index (χ3n) is 2.58. The van der Waals surface area contributed by atoms with E-state index in [1.807, 2.05) is 27.7 Å². The van der Waals surface area contributed by atoms with Gasteiger partial charge in [-0.2, -0.15) is 0 Å². The Morgan fingerprint density at radius 1 is 1.00 bits per heavy atom. The molecule has 4 heteroatoms. The topological polar surface area (TPSA) is 27.7 Å². The maximum absolute atomic E-state index is 5.79. The maximum atomic E-state index is 5.79. The zero-order valence-electron chi connectivity index (χ0n) is 8.53. The highest BCUT2D eigenvalue weighted by atomic mass is 16.8. The quantitative estimate of drug-likeness (QED) is 0.519. The minimum atomic E-state index is -0.534. The lowest BCUT2D eigenvalue weighted by Gasteiger charge is -2.27. The van der Waals surface area contributed by atoms with Gasteiger partial charge in [0, 0.05) is 6.00 Å². The van der Waals surface area contributed by atoms with Crippen molar-refractivity contribution in [1.29, 1.82) is 0 Å². The summed E-state index contributed by atoms with van der Waals surface area (Å²) >= 11 is 0. The standard InChI is InChI=1S/C9H15BO3/c1-8(2)6-5(7(10)13-8)11-9(3,4)12-6/h5-7H,1-4H3/t5?,6?,7-/m1/s1. The number of rotatable bonds is 0. The molecule has 2 saturated heterocycles. The third-order valence-corrected chi connectivity index (χ3v) is 2.58. The Bertz CT molecular complexity index is 227. The highest BCUT2D eigenvalue weighted by Crippen LogP contribution is 2.42. The SMILES string of the molecule is [B][C@@H]1OC(C)(C)C2OC(C)(C)OC21. The fourth-order valence-electron chi connectivity index (χ4n) is 2.05. The predicted molar refractivity (Wildman–Crippen MR) is 48.5 cm³/mol. The smallest absolute Gasteiger partial charge is 0.164 e. The predicted octanol–water partition coefficient (Wildman–Crippen LogP) is 0.810. The van der Waals surface area contributed by atoms with Crippen LogP contribution in [-0.2, 0) is 14.2 Å². The fraction of sp³-hybridized carbons (Fsp3) is 1.00. The molecule has 2 heterocycles. The van der Waals surface area contributed by atoms with Crippen molar-refractivity contribution in [2.75, 3.05) is 0 Å². The molecule has 0 saturated carbocycles. The van der Waals surface area contributed by atoms with Crippen molar-refractivity contribution in [3.8, 4) is 0 Å². The molecule has 3 nitrogen and oxygen atoms in total. The Labute approximate surface area is 80.1 Å². The van der Waals surface area contributed by atoms with Gasteiger partial charge in [0.25, 0.3) is 0 Å². The van der Waals surface area contributed by atoms with Crippen LogP contribution >= 0.6 is 0 Å². The minimum absolute atomic E-state index is 0.0579. The summed E-state index contributed by atoms with van der Waals surface area (Å²) in [7, 11) is 5.79. The lowest BCUT2D eigenvalue weighted by atomic mass is 9.91. The first-order valence-corrected chi connectivity index (χ1v) is 4.61. The van der Waals surface area contributed by atoms with E-state index in [-0.39, 0.29) is 23.8 Å². The van der Waals surface area contributed by atoms with Gasteiger partial charge in [0.15, 0.2) is 5.79 Å². The second kappa shape index (κ2) is 2.50. The normalized spacial score (nSPS) is 46.3. The van der Waals surface area contributed by atoms with E-state index in [1.54, 1.807) is 0 Å². The van der Waals surface area contributed by atoms with Gasteiger partial charge in [-0.15, -0.1) is 0 Å². The summed E-state index contributed by atoms with van der Waals surface area (Å²) in [5, 5.41) is 0. The molecule has 0 amide bonds. The van der Waals surface area contributed by atoms with Crippen molar-refractivity contribution in [1.82, 2.24) is 0 Å². The first-order valence-electron chi connectivity index (χ1n) is 4.61. The average molecular weight is 182 g/mol. The number of hydrogen-bond donors (Lipinski definition) is 0. The molecule has 3 atom stereocenters. The van der Waals surface area contributed by atoms with Crippen LogP contribution in [0.2, 0.25) is 0 Å². The number of hydrogen-bond acceptors (Lipinski definition) is 3. The molecule has 0 aromatic heterocycles. The molecule has 0 aromatic carbocycles. The van der Waals surface area contributed by atoms with Gasteiger partial charge in [-0.1, -0.05) is 0 Å². The summed E-state index contributed by atoms with van der Waals surface area (Å²) < 4.78 is 16.9. The van der Waals surface area contributed by atoms with Crippen molar-refractivity contribution in [3.63, 3.8) is 0 Å². The molecule has 2 fully saturated rings. The molecule has 0 N–H and O–H groups in total. The van der Waals surface area contributed by atoms with Crippen LogP contribution in [0.15, 0.2) is 0 Å². The lowest BCUT2D eigenvalue weighted by Crippen LogP contribution is -2.37. The van der Waals surface area contributed by atoms with Crippen LogP contribution in [0.25, 0.3) is 0 Å². The van der Waals surface area contributed by atoms with E-state index < -0.39 is 5.79 Å². The first kappa shape index (κ1) is 9.50. The Morgan fingerprint density at radius 3 is 2.15 bits per heavy atom. The Morgan fingerprint density at radius 2 is 1.62 bits per heavy atom.